The molecule has 7 nitrogen and oxygen atoms in total. The molecule has 1 N–H and O–H groups in total. The van der Waals surface area contributed by atoms with E-state index in [1.54, 1.807) is 30.3 Å². The van der Waals surface area contributed by atoms with Crippen molar-refractivity contribution in [3.05, 3.63) is 99.5 Å². The Kier molecular flexibility index (Phi) is 11.4. The lowest BCUT2D eigenvalue weighted by Crippen LogP contribution is -2.50. The topological polar surface area (TPSA) is 86.8 Å². The summed E-state index contributed by atoms with van der Waals surface area (Å²) in [6.45, 7) is 2.16. The normalized spacial score (nSPS) is 12.0. The van der Waals surface area contributed by atoms with E-state index in [-0.39, 0.29) is 44.2 Å². The quantitative estimate of drug-likeness (QED) is 0.280. The number of nitrogens with one attached hydrogen (secondary N) is 1. The van der Waals surface area contributed by atoms with Gasteiger partial charge in [-0.3, -0.25) is 13.9 Å². The number of hydrogen-bond acceptors (Lipinski definition) is 4. The molecule has 0 aromatic heterocycles. The Hall–Kier alpha value is -3.07. The highest BCUT2D eigenvalue weighted by molar-refractivity contribution is 7.92. The minimum Gasteiger partial charge on any atom is -0.357 e. The minimum atomic E-state index is -3.58. The van der Waals surface area contributed by atoms with E-state index in [1.807, 2.05) is 49.4 Å². The summed E-state index contributed by atoms with van der Waals surface area (Å²) >= 11 is 12.9. The first-order valence-corrected chi connectivity index (χ1v) is 15.7. The number of sulfonamides is 1. The first kappa shape index (κ1) is 31.5. The number of rotatable bonds is 13. The number of carbonyl (C=O) groups is 2. The molecule has 1 atom stereocenters. The first-order chi connectivity index (χ1) is 19.0. The van der Waals surface area contributed by atoms with Crippen LogP contribution in [0.25, 0.3) is 0 Å². The van der Waals surface area contributed by atoms with Crippen molar-refractivity contribution in [1.82, 2.24) is 10.2 Å². The fourth-order valence-corrected chi connectivity index (χ4v) is 5.96. The molecule has 0 fully saturated rings. The molecule has 10 heteroatoms. The van der Waals surface area contributed by atoms with Crippen molar-refractivity contribution < 1.29 is 18.0 Å². The van der Waals surface area contributed by atoms with Gasteiger partial charge in [0.1, 0.15) is 6.04 Å². The van der Waals surface area contributed by atoms with Crippen LogP contribution in [0.4, 0.5) is 5.69 Å². The van der Waals surface area contributed by atoms with Gasteiger partial charge in [0.25, 0.3) is 0 Å². The molecule has 0 saturated carbocycles. The average Bonchev–Trinajstić information content (AvgIpc) is 2.93. The number of benzene rings is 3. The molecule has 0 bridgehead atoms. The van der Waals surface area contributed by atoms with Crippen molar-refractivity contribution >= 4 is 50.7 Å². The van der Waals surface area contributed by atoms with Gasteiger partial charge in [-0.15, -0.1) is 0 Å². The second kappa shape index (κ2) is 14.5. The van der Waals surface area contributed by atoms with Crippen molar-refractivity contribution in [3.63, 3.8) is 0 Å². The van der Waals surface area contributed by atoms with Crippen molar-refractivity contribution in [2.45, 2.75) is 45.2 Å². The monoisotopic (exact) mass is 603 g/mol. The number of likely N-dealkylation sites (N-methyl/N-ethyl adjacent to an activating group) is 1. The van der Waals surface area contributed by atoms with Gasteiger partial charge in [0.05, 0.1) is 11.9 Å². The lowest BCUT2D eigenvalue weighted by Gasteiger charge is -2.32. The molecular formula is C30H35Cl2N3O4S. The number of halogens is 2. The molecule has 0 heterocycles. The maximum atomic E-state index is 13.8. The van der Waals surface area contributed by atoms with Crippen molar-refractivity contribution in [2.24, 2.45) is 0 Å². The van der Waals surface area contributed by atoms with Gasteiger partial charge in [0, 0.05) is 48.6 Å². The second-order valence-corrected chi connectivity index (χ2v) is 12.2. The summed E-state index contributed by atoms with van der Waals surface area (Å²) in [7, 11) is -2.05. The maximum Gasteiger partial charge on any atom is 0.242 e. The Morgan fingerprint density at radius 3 is 2.08 bits per heavy atom. The Morgan fingerprint density at radius 1 is 0.900 bits per heavy atom. The molecule has 40 heavy (non-hydrogen) atoms. The predicted octanol–water partition coefficient (Wildman–Crippen LogP) is 5.49. The molecular weight excluding hydrogens is 569 g/mol. The molecule has 0 aliphatic heterocycles. The Bertz CT molecular complexity index is 1380. The molecule has 0 radical (unpaired) electrons. The summed E-state index contributed by atoms with van der Waals surface area (Å²) in [6, 6.07) is 21.0. The Labute approximate surface area is 247 Å². The summed E-state index contributed by atoms with van der Waals surface area (Å²) in [5.74, 6) is -0.635. The van der Waals surface area contributed by atoms with Crippen LogP contribution in [0, 0.1) is 0 Å². The first-order valence-electron chi connectivity index (χ1n) is 13.1. The van der Waals surface area contributed by atoms with Crippen LogP contribution in [0.1, 0.15) is 36.5 Å². The highest BCUT2D eigenvalue weighted by Crippen LogP contribution is 2.28. The molecule has 0 aliphatic carbocycles. The average molecular weight is 605 g/mol. The minimum absolute atomic E-state index is 0.0173. The molecule has 3 aromatic carbocycles. The summed E-state index contributed by atoms with van der Waals surface area (Å²) in [6.07, 6.45) is 2.54. The third kappa shape index (κ3) is 8.46. The molecule has 3 rings (SSSR count). The number of hydrogen-bond donors (Lipinski definition) is 1. The van der Waals surface area contributed by atoms with Crippen LogP contribution in [-0.4, -0.2) is 51.0 Å². The number of nitrogens with zero attached hydrogens (tertiary/aromatic N) is 2. The van der Waals surface area contributed by atoms with Crippen LogP contribution < -0.4 is 9.62 Å². The van der Waals surface area contributed by atoms with Gasteiger partial charge in [-0.2, -0.15) is 0 Å². The van der Waals surface area contributed by atoms with Crippen LogP contribution in [0.15, 0.2) is 72.8 Å². The predicted molar refractivity (Wildman–Crippen MR) is 162 cm³/mol. The fourth-order valence-electron chi connectivity index (χ4n) is 4.48. The van der Waals surface area contributed by atoms with Gasteiger partial charge in [-0.1, -0.05) is 78.7 Å². The number of aryl methyl sites for hydroxylation is 1. The molecule has 0 unspecified atom stereocenters. The van der Waals surface area contributed by atoms with E-state index in [9.17, 15) is 18.0 Å². The zero-order chi connectivity index (χ0) is 29.3. The van der Waals surface area contributed by atoms with Crippen LogP contribution >= 0.6 is 23.2 Å². The molecule has 2 amide bonds. The van der Waals surface area contributed by atoms with Crippen LogP contribution in [0.5, 0.6) is 0 Å². The van der Waals surface area contributed by atoms with Gasteiger partial charge in [0.15, 0.2) is 0 Å². The molecule has 0 aliphatic rings. The summed E-state index contributed by atoms with van der Waals surface area (Å²) in [4.78, 5) is 28.4. The number of carbonyl (C=O) groups excluding carboxylic acids is 2. The van der Waals surface area contributed by atoms with Gasteiger partial charge in [-0.05, 0) is 48.2 Å². The molecule has 0 spiro atoms. The maximum absolute atomic E-state index is 13.8. The van der Waals surface area contributed by atoms with E-state index >= 15 is 0 Å². The highest BCUT2D eigenvalue weighted by atomic mass is 35.5. The molecule has 3 aromatic rings. The van der Waals surface area contributed by atoms with Gasteiger partial charge in [-0.25, -0.2) is 8.42 Å². The van der Waals surface area contributed by atoms with Crippen LogP contribution in [-0.2, 0) is 39.0 Å². The summed E-state index contributed by atoms with van der Waals surface area (Å²) in [5.41, 5.74) is 3.06. The van der Waals surface area contributed by atoms with Crippen molar-refractivity contribution in [2.75, 3.05) is 24.2 Å². The highest BCUT2D eigenvalue weighted by Gasteiger charge is 2.31. The van der Waals surface area contributed by atoms with E-state index in [0.717, 1.165) is 23.8 Å². The molecule has 0 saturated heterocycles. The van der Waals surface area contributed by atoms with Gasteiger partial charge >= 0.3 is 0 Å². The van der Waals surface area contributed by atoms with Crippen molar-refractivity contribution in [3.8, 4) is 0 Å². The Balaban J connectivity index is 1.87. The van der Waals surface area contributed by atoms with Gasteiger partial charge in [0.2, 0.25) is 21.8 Å². The van der Waals surface area contributed by atoms with E-state index < -0.39 is 16.1 Å². The zero-order valence-corrected chi connectivity index (χ0v) is 25.3. The SMILES string of the molecule is CCc1ccc(N(CCCC(=O)N(Cc2c(Cl)cccc2Cl)[C@@H](Cc2ccccc2)C(=O)NC)S(C)(=O)=O)cc1. The fraction of sp³-hybridized carbons (Fsp3) is 0.333. The van der Waals surface area contributed by atoms with E-state index in [0.29, 0.717) is 21.3 Å². The third-order valence-corrected chi connectivity index (χ3v) is 8.59. The zero-order valence-electron chi connectivity index (χ0n) is 22.9. The van der Waals surface area contributed by atoms with Crippen LogP contribution in [0.3, 0.4) is 0 Å². The summed E-state index contributed by atoms with van der Waals surface area (Å²) < 4.78 is 26.5. The summed E-state index contributed by atoms with van der Waals surface area (Å²) in [5, 5.41) is 3.45. The smallest absolute Gasteiger partial charge is 0.242 e. The number of anilines is 1. The third-order valence-electron chi connectivity index (χ3n) is 6.69. The molecule has 214 valence electrons. The standard InChI is InChI=1S/C30H35Cl2N3O4S/c1-4-22-15-17-24(18-16-22)35(40(3,38)39)19-9-14-29(36)34(21-25-26(31)12-8-13-27(25)32)28(30(37)33-2)20-23-10-6-5-7-11-23/h5-8,10-13,15-18,28H,4,9,14,19-21H2,1-3H3,(H,33,37)/t28-/m0/s1. The Morgan fingerprint density at radius 2 is 1.52 bits per heavy atom. The second-order valence-electron chi connectivity index (χ2n) is 9.50. The largest absolute Gasteiger partial charge is 0.357 e. The van der Waals surface area contributed by atoms with E-state index in [2.05, 4.69) is 5.32 Å². The van der Waals surface area contributed by atoms with Crippen LogP contribution in [0.2, 0.25) is 10.0 Å². The lowest BCUT2D eigenvalue weighted by molar-refractivity contribution is -0.141. The van der Waals surface area contributed by atoms with Gasteiger partial charge < -0.3 is 10.2 Å². The number of amides is 2. The van der Waals surface area contributed by atoms with E-state index in [1.165, 1.54) is 16.3 Å². The van der Waals surface area contributed by atoms with Crippen molar-refractivity contribution in [1.29, 1.82) is 0 Å². The lowest BCUT2D eigenvalue weighted by atomic mass is 10.0. The van der Waals surface area contributed by atoms with E-state index in [4.69, 9.17) is 23.2 Å².